The molecule has 1 aliphatic heterocycles. The van der Waals surface area contributed by atoms with Gasteiger partial charge in [0.05, 0.1) is 0 Å². The Labute approximate surface area is 87.9 Å². The van der Waals surface area contributed by atoms with Crippen LogP contribution in [0.1, 0.15) is 17.7 Å². The summed E-state index contributed by atoms with van der Waals surface area (Å²) in [6, 6.07) is 5.09. The highest BCUT2D eigenvalue weighted by molar-refractivity contribution is 7.99. The van der Waals surface area contributed by atoms with Crippen LogP contribution in [0.25, 0.3) is 0 Å². The highest BCUT2D eigenvalue weighted by atomic mass is 32.2. The number of hydrogen-bond acceptors (Lipinski definition) is 3. The minimum atomic E-state index is 0.767. The predicted octanol–water partition coefficient (Wildman–Crippen LogP) is 2.73. The van der Waals surface area contributed by atoms with Gasteiger partial charge in [-0.1, -0.05) is 6.07 Å². The SMILES string of the molecule is c1csc(CNC2CCSCC2)c1. The monoisotopic (exact) mass is 213 g/mol. The summed E-state index contributed by atoms with van der Waals surface area (Å²) in [4.78, 5) is 1.46. The van der Waals surface area contributed by atoms with Crippen LogP contribution >= 0.6 is 23.1 Å². The Morgan fingerprint density at radius 3 is 2.92 bits per heavy atom. The lowest BCUT2D eigenvalue weighted by Crippen LogP contribution is -2.31. The molecule has 13 heavy (non-hydrogen) atoms. The van der Waals surface area contributed by atoms with Crippen LogP contribution in [0.2, 0.25) is 0 Å². The summed E-state index contributed by atoms with van der Waals surface area (Å²) >= 11 is 3.93. The first kappa shape index (κ1) is 9.56. The van der Waals surface area contributed by atoms with Gasteiger partial charge in [0.2, 0.25) is 0 Å². The van der Waals surface area contributed by atoms with Crippen LogP contribution in [0.3, 0.4) is 0 Å². The van der Waals surface area contributed by atoms with Gasteiger partial charge in [0, 0.05) is 17.5 Å². The highest BCUT2D eigenvalue weighted by Crippen LogP contribution is 2.17. The molecule has 0 aromatic carbocycles. The van der Waals surface area contributed by atoms with Crippen molar-refractivity contribution in [2.24, 2.45) is 0 Å². The van der Waals surface area contributed by atoms with Gasteiger partial charge in [-0.05, 0) is 35.8 Å². The number of thioether (sulfide) groups is 1. The van der Waals surface area contributed by atoms with E-state index in [1.165, 1.54) is 29.2 Å². The van der Waals surface area contributed by atoms with Crippen molar-refractivity contribution in [3.05, 3.63) is 22.4 Å². The molecule has 0 aliphatic carbocycles. The van der Waals surface area contributed by atoms with Crippen molar-refractivity contribution >= 4 is 23.1 Å². The fourth-order valence-electron chi connectivity index (χ4n) is 1.56. The summed E-state index contributed by atoms with van der Waals surface area (Å²) in [5, 5.41) is 5.77. The van der Waals surface area contributed by atoms with E-state index in [-0.39, 0.29) is 0 Å². The molecule has 0 spiro atoms. The second-order valence-corrected chi connectivity index (χ2v) is 5.60. The quantitative estimate of drug-likeness (QED) is 0.828. The molecule has 1 N–H and O–H groups in total. The van der Waals surface area contributed by atoms with E-state index in [2.05, 4.69) is 34.6 Å². The van der Waals surface area contributed by atoms with E-state index in [1.807, 2.05) is 11.3 Å². The fraction of sp³-hybridized carbons (Fsp3) is 0.600. The van der Waals surface area contributed by atoms with Crippen molar-refractivity contribution in [3.8, 4) is 0 Å². The summed E-state index contributed by atoms with van der Waals surface area (Å²) in [7, 11) is 0. The van der Waals surface area contributed by atoms with E-state index in [9.17, 15) is 0 Å². The minimum absolute atomic E-state index is 0.767. The average Bonchev–Trinajstić information content (AvgIpc) is 2.69. The van der Waals surface area contributed by atoms with Crippen LogP contribution in [0.15, 0.2) is 17.5 Å². The molecule has 0 bridgehead atoms. The summed E-state index contributed by atoms with van der Waals surface area (Å²) < 4.78 is 0. The van der Waals surface area contributed by atoms with Gasteiger partial charge in [0.1, 0.15) is 0 Å². The lowest BCUT2D eigenvalue weighted by Gasteiger charge is -2.22. The van der Waals surface area contributed by atoms with E-state index in [4.69, 9.17) is 0 Å². The third-order valence-corrected chi connectivity index (χ3v) is 4.29. The number of thiophene rings is 1. The first-order valence-electron chi connectivity index (χ1n) is 4.78. The van der Waals surface area contributed by atoms with Crippen molar-refractivity contribution in [2.45, 2.75) is 25.4 Å². The molecule has 3 heteroatoms. The molecule has 0 unspecified atom stereocenters. The molecule has 1 saturated heterocycles. The standard InChI is InChI=1S/C10H15NS2/c1-2-10(13-5-1)8-11-9-3-6-12-7-4-9/h1-2,5,9,11H,3-4,6-8H2. The number of nitrogens with one attached hydrogen (secondary N) is 1. The van der Waals surface area contributed by atoms with Crippen LogP contribution in [0, 0.1) is 0 Å². The van der Waals surface area contributed by atoms with Crippen molar-refractivity contribution in [3.63, 3.8) is 0 Å². The molecule has 0 amide bonds. The van der Waals surface area contributed by atoms with Crippen molar-refractivity contribution < 1.29 is 0 Å². The Morgan fingerprint density at radius 1 is 1.38 bits per heavy atom. The molecule has 1 aromatic heterocycles. The van der Waals surface area contributed by atoms with Gasteiger partial charge in [-0.3, -0.25) is 0 Å². The van der Waals surface area contributed by atoms with Gasteiger partial charge in [-0.2, -0.15) is 11.8 Å². The smallest absolute Gasteiger partial charge is 0.0302 e. The largest absolute Gasteiger partial charge is 0.309 e. The highest BCUT2D eigenvalue weighted by Gasteiger charge is 2.12. The third-order valence-electron chi connectivity index (χ3n) is 2.37. The van der Waals surface area contributed by atoms with Crippen LogP contribution in [-0.4, -0.2) is 17.5 Å². The second-order valence-electron chi connectivity index (χ2n) is 3.35. The summed E-state index contributed by atoms with van der Waals surface area (Å²) in [6.45, 7) is 1.06. The molecule has 1 nitrogen and oxygen atoms in total. The maximum absolute atomic E-state index is 3.62. The van der Waals surface area contributed by atoms with Gasteiger partial charge in [-0.25, -0.2) is 0 Å². The fourth-order valence-corrected chi connectivity index (χ4v) is 3.32. The van der Waals surface area contributed by atoms with Gasteiger partial charge in [0.25, 0.3) is 0 Å². The zero-order valence-corrected chi connectivity index (χ0v) is 9.29. The average molecular weight is 213 g/mol. The summed E-state index contributed by atoms with van der Waals surface area (Å²) in [6.07, 6.45) is 2.69. The van der Waals surface area contributed by atoms with Crippen LogP contribution < -0.4 is 5.32 Å². The Bertz CT molecular complexity index is 227. The Kier molecular flexibility index (Phi) is 3.70. The topological polar surface area (TPSA) is 12.0 Å². The van der Waals surface area contributed by atoms with Crippen LogP contribution in [0.5, 0.6) is 0 Å². The zero-order chi connectivity index (χ0) is 8.93. The van der Waals surface area contributed by atoms with Crippen LogP contribution in [0.4, 0.5) is 0 Å². The van der Waals surface area contributed by atoms with E-state index in [0.29, 0.717) is 0 Å². The molecule has 0 radical (unpaired) electrons. The molecule has 2 rings (SSSR count). The molecule has 1 aliphatic rings. The third kappa shape index (κ3) is 3.01. The number of rotatable bonds is 3. The maximum atomic E-state index is 3.62. The first-order valence-corrected chi connectivity index (χ1v) is 6.82. The molecule has 72 valence electrons. The zero-order valence-electron chi connectivity index (χ0n) is 7.66. The molecule has 1 fully saturated rings. The second kappa shape index (κ2) is 5.03. The molecule has 1 aromatic rings. The summed E-state index contributed by atoms with van der Waals surface area (Å²) in [5.74, 6) is 2.67. The van der Waals surface area contributed by atoms with E-state index in [0.717, 1.165) is 12.6 Å². The first-order chi connectivity index (χ1) is 6.45. The molecule has 0 saturated carbocycles. The number of hydrogen-bond donors (Lipinski definition) is 1. The van der Waals surface area contributed by atoms with Crippen molar-refractivity contribution in [2.75, 3.05) is 11.5 Å². The van der Waals surface area contributed by atoms with Crippen molar-refractivity contribution in [1.82, 2.24) is 5.32 Å². The predicted molar refractivity (Wildman–Crippen MR) is 61.5 cm³/mol. The van der Waals surface area contributed by atoms with Gasteiger partial charge in [0.15, 0.2) is 0 Å². The molecular weight excluding hydrogens is 198 g/mol. The Balaban J connectivity index is 1.72. The normalized spacial score (nSPS) is 19.1. The van der Waals surface area contributed by atoms with E-state index >= 15 is 0 Å². The van der Waals surface area contributed by atoms with E-state index < -0.39 is 0 Å². The van der Waals surface area contributed by atoms with Crippen molar-refractivity contribution in [1.29, 1.82) is 0 Å². The molecule has 2 heterocycles. The molecule has 0 atom stereocenters. The van der Waals surface area contributed by atoms with Gasteiger partial charge in [-0.15, -0.1) is 11.3 Å². The Hall–Kier alpha value is 0.01000. The Morgan fingerprint density at radius 2 is 2.23 bits per heavy atom. The lowest BCUT2D eigenvalue weighted by molar-refractivity contribution is 0.484. The van der Waals surface area contributed by atoms with Gasteiger partial charge < -0.3 is 5.32 Å². The maximum Gasteiger partial charge on any atom is 0.0302 e. The minimum Gasteiger partial charge on any atom is -0.309 e. The molecular formula is C10H15NS2. The van der Waals surface area contributed by atoms with Gasteiger partial charge >= 0.3 is 0 Å². The van der Waals surface area contributed by atoms with Crippen LogP contribution in [-0.2, 0) is 6.54 Å². The van der Waals surface area contributed by atoms with E-state index in [1.54, 1.807) is 0 Å². The lowest BCUT2D eigenvalue weighted by atomic mass is 10.1. The summed E-state index contributed by atoms with van der Waals surface area (Å²) in [5.41, 5.74) is 0.